The van der Waals surface area contributed by atoms with Crippen molar-refractivity contribution in [3.63, 3.8) is 0 Å². The second-order valence-corrected chi connectivity index (χ2v) is 3.98. The summed E-state index contributed by atoms with van der Waals surface area (Å²) in [7, 11) is 1.61. The summed E-state index contributed by atoms with van der Waals surface area (Å²) in [4.78, 5) is 0. The van der Waals surface area contributed by atoms with Crippen LogP contribution in [0.15, 0.2) is 30.4 Å². The largest absolute Gasteiger partial charge is 0.508 e. The smallest absolute Gasteiger partial charge is 0.120 e. The van der Waals surface area contributed by atoms with Crippen LogP contribution in [-0.4, -0.2) is 18.8 Å². The second kappa shape index (κ2) is 5.56. The number of nitrogens with one attached hydrogen (secondary N) is 1. The van der Waals surface area contributed by atoms with Crippen molar-refractivity contribution in [1.29, 1.82) is 0 Å². The summed E-state index contributed by atoms with van der Waals surface area (Å²) in [5.41, 5.74) is 1.90. The lowest BCUT2D eigenvalue weighted by Crippen LogP contribution is -2.20. The van der Waals surface area contributed by atoms with Gasteiger partial charge < -0.3 is 15.2 Å². The Morgan fingerprint density at radius 3 is 2.81 bits per heavy atom. The Labute approximate surface area is 96.8 Å². The van der Waals surface area contributed by atoms with Crippen LogP contribution in [0.2, 0.25) is 0 Å². The van der Waals surface area contributed by atoms with Gasteiger partial charge in [-0.2, -0.15) is 0 Å². The molecule has 0 spiro atoms. The highest BCUT2D eigenvalue weighted by atomic mass is 16.5. The maximum Gasteiger partial charge on any atom is 0.120 e. The van der Waals surface area contributed by atoms with Gasteiger partial charge in [-0.25, -0.2) is 0 Å². The molecule has 1 aromatic carbocycles. The van der Waals surface area contributed by atoms with Crippen molar-refractivity contribution in [2.75, 3.05) is 13.7 Å². The van der Waals surface area contributed by atoms with Crippen LogP contribution in [0.3, 0.4) is 0 Å². The third-order valence-corrected chi connectivity index (χ3v) is 2.41. The Bertz CT molecular complexity index is 374. The number of hydrogen-bond acceptors (Lipinski definition) is 3. The first-order valence-electron chi connectivity index (χ1n) is 5.29. The number of rotatable bonds is 5. The lowest BCUT2D eigenvalue weighted by atomic mass is 10.1. The van der Waals surface area contributed by atoms with E-state index in [0.717, 1.165) is 23.4 Å². The molecule has 88 valence electrons. The topological polar surface area (TPSA) is 41.5 Å². The van der Waals surface area contributed by atoms with Crippen molar-refractivity contribution in [2.24, 2.45) is 0 Å². The van der Waals surface area contributed by atoms with Crippen molar-refractivity contribution in [2.45, 2.75) is 19.9 Å². The SMILES string of the molecule is C=C(C)CNC(C)c1cc(OC)ccc1O. The molecule has 16 heavy (non-hydrogen) atoms. The number of ether oxygens (including phenoxy) is 1. The van der Waals surface area contributed by atoms with Gasteiger partial charge in [0.25, 0.3) is 0 Å². The quantitative estimate of drug-likeness (QED) is 0.751. The molecule has 3 heteroatoms. The number of methoxy groups -OCH3 is 1. The highest BCUT2D eigenvalue weighted by Crippen LogP contribution is 2.28. The molecule has 0 aliphatic carbocycles. The van der Waals surface area contributed by atoms with Gasteiger partial charge in [0.2, 0.25) is 0 Å². The van der Waals surface area contributed by atoms with E-state index in [9.17, 15) is 5.11 Å². The van der Waals surface area contributed by atoms with E-state index in [1.165, 1.54) is 0 Å². The summed E-state index contributed by atoms with van der Waals surface area (Å²) in [6.07, 6.45) is 0. The molecule has 0 bridgehead atoms. The van der Waals surface area contributed by atoms with E-state index in [-0.39, 0.29) is 11.8 Å². The van der Waals surface area contributed by atoms with Gasteiger partial charge in [0.1, 0.15) is 11.5 Å². The molecule has 0 aliphatic heterocycles. The molecule has 0 saturated heterocycles. The lowest BCUT2D eigenvalue weighted by Gasteiger charge is -2.16. The van der Waals surface area contributed by atoms with Gasteiger partial charge in [0, 0.05) is 18.2 Å². The van der Waals surface area contributed by atoms with Crippen LogP contribution in [0.5, 0.6) is 11.5 Å². The summed E-state index contributed by atoms with van der Waals surface area (Å²) in [5.74, 6) is 1.03. The average molecular weight is 221 g/mol. The highest BCUT2D eigenvalue weighted by Gasteiger charge is 2.10. The molecule has 0 heterocycles. The predicted molar refractivity (Wildman–Crippen MR) is 65.9 cm³/mol. The minimum Gasteiger partial charge on any atom is -0.508 e. The minimum atomic E-state index is 0.0619. The first kappa shape index (κ1) is 12.6. The summed E-state index contributed by atoms with van der Waals surface area (Å²) in [6, 6.07) is 5.29. The molecular weight excluding hydrogens is 202 g/mol. The predicted octanol–water partition coefficient (Wildman–Crippen LogP) is 2.63. The van der Waals surface area contributed by atoms with Crippen molar-refractivity contribution in [3.05, 3.63) is 35.9 Å². The van der Waals surface area contributed by atoms with Crippen LogP contribution in [0.25, 0.3) is 0 Å². The first-order chi connectivity index (χ1) is 7.54. The molecule has 0 aliphatic rings. The normalized spacial score (nSPS) is 12.2. The third kappa shape index (κ3) is 3.28. The van der Waals surface area contributed by atoms with Crippen LogP contribution < -0.4 is 10.1 Å². The molecule has 0 radical (unpaired) electrons. The molecule has 3 nitrogen and oxygen atoms in total. The molecule has 0 saturated carbocycles. The zero-order valence-electron chi connectivity index (χ0n) is 10.1. The minimum absolute atomic E-state index is 0.0619. The Balaban J connectivity index is 2.80. The third-order valence-electron chi connectivity index (χ3n) is 2.41. The van der Waals surface area contributed by atoms with E-state index in [0.29, 0.717) is 0 Å². The van der Waals surface area contributed by atoms with Crippen LogP contribution in [0, 0.1) is 0 Å². The highest BCUT2D eigenvalue weighted by molar-refractivity contribution is 5.41. The molecule has 0 fully saturated rings. The number of benzene rings is 1. The lowest BCUT2D eigenvalue weighted by molar-refractivity contribution is 0.408. The van der Waals surface area contributed by atoms with E-state index >= 15 is 0 Å². The molecule has 0 amide bonds. The maximum absolute atomic E-state index is 9.75. The standard InChI is InChI=1S/C13H19NO2/c1-9(2)8-14-10(3)12-7-11(16-4)5-6-13(12)15/h5-7,10,14-15H,1,8H2,2-4H3. The van der Waals surface area contributed by atoms with E-state index in [1.807, 2.05) is 19.9 Å². The number of phenolic OH excluding ortho intramolecular Hbond substituents is 1. The van der Waals surface area contributed by atoms with Crippen molar-refractivity contribution >= 4 is 0 Å². The fourth-order valence-corrected chi connectivity index (χ4v) is 1.44. The molecule has 1 atom stereocenters. The average Bonchev–Trinajstić information content (AvgIpc) is 2.26. The van der Waals surface area contributed by atoms with Gasteiger partial charge in [-0.1, -0.05) is 12.2 Å². The van der Waals surface area contributed by atoms with E-state index in [1.54, 1.807) is 19.2 Å². The monoisotopic (exact) mass is 221 g/mol. The van der Waals surface area contributed by atoms with Crippen molar-refractivity contribution in [1.82, 2.24) is 5.32 Å². The van der Waals surface area contributed by atoms with Gasteiger partial charge in [-0.3, -0.25) is 0 Å². The fraction of sp³-hybridized carbons (Fsp3) is 0.385. The molecule has 2 N–H and O–H groups in total. The van der Waals surface area contributed by atoms with E-state index in [4.69, 9.17) is 4.74 Å². The number of phenols is 1. The number of aromatic hydroxyl groups is 1. The summed E-state index contributed by atoms with van der Waals surface area (Å²) in [6.45, 7) is 8.52. The summed E-state index contributed by atoms with van der Waals surface area (Å²) in [5, 5.41) is 13.0. The Morgan fingerprint density at radius 1 is 1.56 bits per heavy atom. The Morgan fingerprint density at radius 2 is 2.25 bits per heavy atom. The molecular formula is C13H19NO2. The van der Waals surface area contributed by atoms with Gasteiger partial charge in [0.05, 0.1) is 7.11 Å². The zero-order valence-corrected chi connectivity index (χ0v) is 10.1. The van der Waals surface area contributed by atoms with Crippen molar-refractivity contribution in [3.8, 4) is 11.5 Å². The van der Waals surface area contributed by atoms with Crippen LogP contribution in [0.4, 0.5) is 0 Å². The molecule has 1 unspecified atom stereocenters. The van der Waals surface area contributed by atoms with E-state index < -0.39 is 0 Å². The van der Waals surface area contributed by atoms with Crippen LogP contribution in [0.1, 0.15) is 25.5 Å². The zero-order chi connectivity index (χ0) is 12.1. The summed E-state index contributed by atoms with van der Waals surface area (Å²) < 4.78 is 5.13. The summed E-state index contributed by atoms with van der Waals surface area (Å²) >= 11 is 0. The van der Waals surface area contributed by atoms with Gasteiger partial charge >= 0.3 is 0 Å². The van der Waals surface area contributed by atoms with E-state index in [2.05, 4.69) is 11.9 Å². The maximum atomic E-state index is 9.75. The number of hydrogen-bond donors (Lipinski definition) is 2. The van der Waals surface area contributed by atoms with Gasteiger partial charge in [0.15, 0.2) is 0 Å². The molecule has 1 aromatic rings. The molecule has 0 aromatic heterocycles. The van der Waals surface area contributed by atoms with Gasteiger partial charge in [-0.05, 0) is 32.0 Å². The van der Waals surface area contributed by atoms with Crippen LogP contribution >= 0.6 is 0 Å². The Hall–Kier alpha value is -1.48. The fourth-order valence-electron chi connectivity index (χ4n) is 1.44. The molecule has 1 rings (SSSR count). The first-order valence-corrected chi connectivity index (χ1v) is 5.29. The van der Waals surface area contributed by atoms with Crippen molar-refractivity contribution < 1.29 is 9.84 Å². The van der Waals surface area contributed by atoms with Crippen LogP contribution in [-0.2, 0) is 0 Å². The Kier molecular flexibility index (Phi) is 4.38. The second-order valence-electron chi connectivity index (χ2n) is 3.98. The van der Waals surface area contributed by atoms with Gasteiger partial charge in [-0.15, -0.1) is 0 Å².